The van der Waals surface area contributed by atoms with E-state index < -0.39 is 39.2 Å². The summed E-state index contributed by atoms with van der Waals surface area (Å²) >= 11 is 3.41. The molecule has 188 valence electrons. The SMILES string of the molecule is CC(C)(C)n1ncc(C(NS(=O)(=O)c2ccc(C(F)(F)F)cc2)C2CC2)c1-c1ccc(F)cc1Br. The van der Waals surface area contributed by atoms with E-state index in [0.717, 1.165) is 37.1 Å². The van der Waals surface area contributed by atoms with E-state index in [-0.39, 0.29) is 10.8 Å². The van der Waals surface area contributed by atoms with Gasteiger partial charge in [-0.15, -0.1) is 0 Å². The molecule has 4 rings (SSSR count). The Hall–Kier alpha value is -2.24. The number of rotatable bonds is 6. The van der Waals surface area contributed by atoms with E-state index in [9.17, 15) is 26.0 Å². The van der Waals surface area contributed by atoms with Crippen molar-refractivity contribution < 1.29 is 26.0 Å². The molecule has 11 heteroatoms. The summed E-state index contributed by atoms with van der Waals surface area (Å²) in [5, 5.41) is 4.54. The number of aromatic nitrogens is 2. The highest BCUT2D eigenvalue weighted by Crippen LogP contribution is 2.46. The van der Waals surface area contributed by atoms with Gasteiger partial charge < -0.3 is 0 Å². The Morgan fingerprint density at radius 2 is 1.71 bits per heavy atom. The van der Waals surface area contributed by atoms with Crippen LogP contribution in [0, 0.1) is 11.7 Å². The fourth-order valence-corrected chi connectivity index (χ4v) is 5.77. The Labute approximate surface area is 209 Å². The predicted molar refractivity (Wildman–Crippen MR) is 128 cm³/mol. The molecule has 35 heavy (non-hydrogen) atoms. The zero-order valence-electron chi connectivity index (χ0n) is 19.2. The van der Waals surface area contributed by atoms with Gasteiger partial charge in [0.2, 0.25) is 10.0 Å². The summed E-state index contributed by atoms with van der Waals surface area (Å²) < 4.78 is 83.9. The van der Waals surface area contributed by atoms with E-state index >= 15 is 0 Å². The molecule has 3 aromatic rings. The number of alkyl halides is 3. The van der Waals surface area contributed by atoms with Gasteiger partial charge in [0.1, 0.15) is 5.82 Å². The molecule has 1 saturated carbocycles. The van der Waals surface area contributed by atoms with Gasteiger partial charge in [-0.05, 0) is 97.9 Å². The number of benzene rings is 2. The van der Waals surface area contributed by atoms with E-state index in [4.69, 9.17) is 0 Å². The molecule has 1 aliphatic rings. The molecule has 1 heterocycles. The van der Waals surface area contributed by atoms with Crippen molar-refractivity contribution in [1.29, 1.82) is 0 Å². The number of sulfonamides is 1. The summed E-state index contributed by atoms with van der Waals surface area (Å²) in [6, 6.07) is 7.00. The molecule has 1 atom stereocenters. The Kier molecular flexibility index (Phi) is 6.65. The van der Waals surface area contributed by atoms with Crippen LogP contribution >= 0.6 is 15.9 Å². The zero-order chi connectivity index (χ0) is 25.8. The molecule has 0 amide bonds. The number of hydrogen-bond acceptors (Lipinski definition) is 3. The predicted octanol–water partition coefficient (Wildman–Crippen LogP) is 6.66. The van der Waals surface area contributed by atoms with Gasteiger partial charge in [-0.25, -0.2) is 17.5 Å². The minimum absolute atomic E-state index is 0.00480. The first-order chi connectivity index (χ1) is 16.2. The van der Waals surface area contributed by atoms with Crippen molar-refractivity contribution in [3.63, 3.8) is 0 Å². The smallest absolute Gasteiger partial charge is 0.259 e. The monoisotopic (exact) mass is 573 g/mol. The van der Waals surface area contributed by atoms with Crippen LogP contribution in [0.2, 0.25) is 0 Å². The molecule has 0 aliphatic heterocycles. The second kappa shape index (κ2) is 9.01. The second-order valence-electron chi connectivity index (χ2n) is 9.61. The maximum absolute atomic E-state index is 13.8. The molecule has 1 aliphatic carbocycles. The van der Waals surface area contributed by atoms with Gasteiger partial charge in [0.25, 0.3) is 0 Å². The van der Waals surface area contributed by atoms with Gasteiger partial charge in [0.15, 0.2) is 0 Å². The lowest BCUT2D eigenvalue weighted by Crippen LogP contribution is -2.31. The van der Waals surface area contributed by atoms with E-state index in [1.165, 1.54) is 12.1 Å². The molecular weight excluding hydrogens is 550 g/mol. The summed E-state index contributed by atoms with van der Waals surface area (Å²) in [6.45, 7) is 5.84. The lowest BCUT2D eigenvalue weighted by atomic mass is 9.98. The third-order valence-electron chi connectivity index (χ3n) is 5.82. The average molecular weight is 574 g/mol. The zero-order valence-corrected chi connectivity index (χ0v) is 21.6. The van der Waals surface area contributed by atoms with Crippen LogP contribution < -0.4 is 4.72 Å². The van der Waals surface area contributed by atoms with E-state index in [2.05, 4.69) is 25.8 Å². The van der Waals surface area contributed by atoms with Gasteiger partial charge in [0, 0.05) is 15.6 Å². The van der Waals surface area contributed by atoms with Crippen LogP contribution in [0.15, 0.2) is 58.0 Å². The van der Waals surface area contributed by atoms with Crippen LogP contribution in [-0.4, -0.2) is 18.2 Å². The number of nitrogens with zero attached hydrogens (tertiary/aromatic N) is 2. The van der Waals surface area contributed by atoms with Gasteiger partial charge in [-0.3, -0.25) is 4.68 Å². The third-order valence-corrected chi connectivity index (χ3v) is 7.93. The highest BCUT2D eigenvalue weighted by atomic mass is 79.9. The summed E-state index contributed by atoms with van der Waals surface area (Å²) in [5.74, 6) is -0.430. The van der Waals surface area contributed by atoms with Crippen molar-refractivity contribution in [3.8, 4) is 11.3 Å². The first-order valence-electron chi connectivity index (χ1n) is 10.9. The Morgan fingerprint density at radius 1 is 1.09 bits per heavy atom. The van der Waals surface area contributed by atoms with Gasteiger partial charge in [0.05, 0.1) is 33.9 Å². The number of hydrogen-bond donors (Lipinski definition) is 1. The Bertz CT molecular complexity index is 1340. The minimum Gasteiger partial charge on any atom is -0.259 e. The molecule has 0 saturated heterocycles. The summed E-state index contributed by atoms with van der Waals surface area (Å²) in [6.07, 6.45) is -1.39. The van der Waals surface area contributed by atoms with Crippen molar-refractivity contribution in [2.45, 2.75) is 56.3 Å². The highest BCUT2D eigenvalue weighted by Gasteiger charge is 2.39. The number of halogens is 5. The fourth-order valence-electron chi connectivity index (χ4n) is 3.95. The minimum atomic E-state index is -4.56. The summed E-state index contributed by atoms with van der Waals surface area (Å²) in [5.41, 5.74) is 0.502. The quantitative estimate of drug-likeness (QED) is 0.335. The van der Waals surface area contributed by atoms with E-state index in [1.54, 1.807) is 16.9 Å². The lowest BCUT2D eigenvalue weighted by molar-refractivity contribution is -0.137. The van der Waals surface area contributed by atoms with Crippen LogP contribution in [0.5, 0.6) is 0 Å². The summed E-state index contributed by atoms with van der Waals surface area (Å²) in [7, 11) is -4.14. The first kappa shape index (κ1) is 25.8. The molecule has 5 nitrogen and oxygen atoms in total. The molecule has 0 spiro atoms. The normalized spacial score (nSPS) is 15.9. The van der Waals surface area contributed by atoms with Gasteiger partial charge >= 0.3 is 6.18 Å². The first-order valence-corrected chi connectivity index (χ1v) is 13.2. The summed E-state index contributed by atoms with van der Waals surface area (Å²) in [4.78, 5) is -0.260. The van der Waals surface area contributed by atoms with Crippen molar-refractivity contribution >= 4 is 26.0 Å². The van der Waals surface area contributed by atoms with Crippen LogP contribution in [0.3, 0.4) is 0 Å². The molecule has 1 unspecified atom stereocenters. The lowest BCUT2D eigenvalue weighted by Gasteiger charge is -2.25. The van der Waals surface area contributed by atoms with E-state index in [0.29, 0.717) is 21.3 Å². The Morgan fingerprint density at radius 3 is 2.23 bits per heavy atom. The van der Waals surface area contributed by atoms with Crippen molar-refractivity contribution in [2.75, 3.05) is 0 Å². The molecule has 2 aromatic carbocycles. The topological polar surface area (TPSA) is 64.0 Å². The maximum atomic E-state index is 13.8. The van der Waals surface area contributed by atoms with Crippen molar-refractivity contribution in [2.24, 2.45) is 5.92 Å². The molecule has 1 aromatic heterocycles. The fraction of sp³-hybridized carbons (Fsp3) is 0.375. The second-order valence-corrected chi connectivity index (χ2v) is 12.2. The molecule has 1 N–H and O–H groups in total. The number of nitrogens with one attached hydrogen (secondary N) is 1. The van der Waals surface area contributed by atoms with Gasteiger partial charge in [-0.2, -0.15) is 18.3 Å². The largest absolute Gasteiger partial charge is 0.416 e. The molecule has 0 radical (unpaired) electrons. The van der Waals surface area contributed by atoms with Crippen molar-refractivity contribution in [3.05, 3.63) is 70.1 Å². The highest BCUT2D eigenvalue weighted by molar-refractivity contribution is 9.10. The van der Waals surface area contributed by atoms with Crippen LogP contribution in [-0.2, 0) is 21.7 Å². The van der Waals surface area contributed by atoms with Gasteiger partial charge in [-0.1, -0.05) is 0 Å². The standard InChI is InChI=1S/C24H24BrF4N3O2S/c1-23(2,3)32-22(18-11-8-16(26)12-20(18)25)19(13-30-32)21(14-4-5-14)31-35(33,34)17-9-6-15(7-10-17)24(27,28)29/h6-14,21,31H,4-5H2,1-3H3. The maximum Gasteiger partial charge on any atom is 0.416 e. The van der Waals surface area contributed by atoms with Crippen LogP contribution in [0.4, 0.5) is 17.6 Å². The average Bonchev–Trinajstić information content (AvgIpc) is 3.49. The van der Waals surface area contributed by atoms with Crippen LogP contribution in [0.1, 0.15) is 50.8 Å². The van der Waals surface area contributed by atoms with Crippen LogP contribution in [0.25, 0.3) is 11.3 Å². The third kappa shape index (κ3) is 5.46. The molecule has 0 bridgehead atoms. The van der Waals surface area contributed by atoms with E-state index in [1.807, 2.05) is 20.8 Å². The Balaban J connectivity index is 1.78. The molecular formula is C24H24BrF4N3O2S. The van der Waals surface area contributed by atoms with Crippen molar-refractivity contribution in [1.82, 2.24) is 14.5 Å². The molecule has 1 fully saturated rings.